The minimum absolute atomic E-state index is 0.0354. The van der Waals surface area contributed by atoms with Gasteiger partial charge in [0.2, 0.25) is 0 Å². The van der Waals surface area contributed by atoms with Crippen molar-refractivity contribution in [2.75, 3.05) is 26.6 Å². The largest absolute Gasteiger partial charge is 0.497 e. The highest BCUT2D eigenvalue weighted by Crippen LogP contribution is 2.29. The van der Waals surface area contributed by atoms with Crippen LogP contribution in [0.4, 0.5) is 5.69 Å². The number of nitrogens with zero attached hydrogens (tertiary/aromatic N) is 1. The molecule has 29 heavy (non-hydrogen) atoms. The van der Waals surface area contributed by atoms with Crippen molar-refractivity contribution in [3.05, 3.63) is 82.3 Å². The molecule has 2 aromatic carbocycles. The fourth-order valence-electron chi connectivity index (χ4n) is 2.89. The Hall–Kier alpha value is -3.74. The van der Waals surface area contributed by atoms with E-state index in [4.69, 9.17) is 14.2 Å². The van der Waals surface area contributed by atoms with E-state index < -0.39 is 5.91 Å². The molecule has 0 unspecified atom stereocenters. The number of methoxy groups -OCH3 is 3. The lowest BCUT2D eigenvalue weighted by molar-refractivity contribution is 0.102. The van der Waals surface area contributed by atoms with Crippen molar-refractivity contribution < 1.29 is 19.0 Å². The van der Waals surface area contributed by atoms with E-state index in [1.54, 1.807) is 44.7 Å². The Morgan fingerprint density at radius 1 is 0.931 bits per heavy atom. The molecule has 3 rings (SSSR count). The minimum atomic E-state index is -0.515. The number of hydrogen-bond donors (Lipinski definition) is 1. The Balaban J connectivity index is 1.85. The first-order chi connectivity index (χ1) is 14.0. The topological polar surface area (TPSA) is 78.8 Å². The summed E-state index contributed by atoms with van der Waals surface area (Å²) in [6.45, 7) is 0.322. The second kappa shape index (κ2) is 8.97. The molecule has 1 heterocycles. The molecular formula is C22H22N2O5. The maximum Gasteiger partial charge on any atom is 0.263 e. The van der Waals surface area contributed by atoms with Gasteiger partial charge in [0.15, 0.2) is 0 Å². The van der Waals surface area contributed by atoms with Gasteiger partial charge < -0.3 is 24.1 Å². The number of anilines is 1. The molecule has 0 bridgehead atoms. The normalized spacial score (nSPS) is 10.3. The third-order valence-corrected chi connectivity index (χ3v) is 4.41. The summed E-state index contributed by atoms with van der Waals surface area (Å²) in [7, 11) is 4.62. The van der Waals surface area contributed by atoms with Crippen molar-refractivity contribution in [2.24, 2.45) is 0 Å². The number of nitrogens with one attached hydrogen (secondary N) is 1. The molecule has 0 fully saturated rings. The summed E-state index contributed by atoms with van der Waals surface area (Å²) >= 11 is 0. The third-order valence-electron chi connectivity index (χ3n) is 4.41. The van der Waals surface area contributed by atoms with Gasteiger partial charge in [-0.1, -0.05) is 12.1 Å². The summed E-state index contributed by atoms with van der Waals surface area (Å²) in [6, 6.07) is 15.6. The van der Waals surface area contributed by atoms with Gasteiger partial charge in [0.1, 0.15) is 22.8 Å². The first-order valence-corrected chi connectivity index (χ1v) is 8.91. The van der Waals surface area contributed by atoms with Crippen molar-refractivity contribution in [2.45, 2.75) is 6.54 Å². The van der Waals surface area contributed by atoms with Crippen molar-refractivity contribution in [3.63, 3.8) is 0 Å². The van der Waals surface area contributed by atoms with Crippen molar-refractivity contribution in [3.8, 4) is 17.2 Å². The van der Waals surface area contributed by atoms with Gasteiger partial charge in [-0.15, -0.1) is 0 Å². The van der Waals surface area contributed by atoms with Crippen LogP contribution < -0.4 is 25.1 Å². The summed E-state index contributed by atoms with van der Waals surface area (Å²) in [6.07, 6.45) is 1.65. The van der Waals surface area contributed by atoms with E-state index in [-0.39, 0.29) is 11.1 Å². The van der Waals surface area contributed by atoms with Crippen LogP contribution in [0.3, 0.4) is 0 Å². The monoisotopic (exact) mass is 394 g/mol. The maximum atomic E-state index is 12.8. The number of amides is 1. The Kier molecular flexibility index (Phi) is 6.19. The first kappa shape index (κ1) is 20.0. The lowest BCUT2D eigenvalue weighted by Crippen LogP contribution is -2.29. The standard InChI is InChI=1S/C22H22N2O5/c1-27-16-7-4-6-15(12-16)14-24-11-5-8-18(22(24)26)21(25)23-19-10-9-17(28-2)13-20(19)29-3/h4-13H,14H2,1-3H3,(H,23,25). The number of hydrogen-bond acceptors (Lipinski definition) is 5. The van der Waals surface area contributed by atoms with Gasteiger partial charge in [0.05, 0.1) is 33.6 Å². The number of aromatic nitrogens is 1. The number of pyridine rings is 1. The molecule has 3 aromatic rings. The molecule has 0 aliphatic heterocycles. The third kappa shape index (κ3) is 4.57. The zero-order valence-corrected chi connectivity index (χ0v) is 16.5. The number of rotatable bonds is 7. The summed E-state index contributed by atoms with van der Waals surface area (Å²) in [5.41, 5.74) is 0.982. The van der Waals surface area contributed by atoms with Crippen LogP contribution >= 0.6 is 0 Å². The van der Waals surface area contributed by atoms with Gasteiger partial charge in [-0.2, -0.15) is 0 Å². The smallest absolute Gasteiger partial charge is 0.263 e. The molecule has 0 saturated heterocycles. The Labute approximate surface area is 168 Å². The van der Waals surface area contributed by atoms with Crippen molar-refractivity contribution >= 4 is 11.6 Å². The van der Waals surface area contributed by atoms with Crippen LogP contribution in [-0.4, -0.2) is 31.8 Å². The van der Waals surface area contributed by atoms with Gasteiger partial charge in [-0.05, 0) is 42.0 Å². The average molecular weight is 394 g/mol. The van der Waals surface area contributed by atoms with Crippen LogP contribution in [0.5, 0.6) is 17.2 Å². The zero-order chi connectivity index (χ0) is 20.8. The number of carbonyl (C=O) groups excluding carboxylic acids is 1. The van der Waals surface area contributed by atoms with E-state index >= 15 is 0 Å². The SMILES string of the molecule is COc1cccc(Cn2cccc(C(=O)Nc3ccc(OC)cc3OC)c2=O)c1. The Bertz CT molecular complexity index is 1070. The second-order valence-electron chi connectivity index (χ2n) is 6.23. The highest BCUT2D eigenvalue weighted by Gasteiger charge is 2.15. The maximum absolute atomic E-state index is 12.8. The lowest BCUT2D eigenvalue weighted by atomic mass is 10.2. The molecule has 150 valence electrons. The van der Waals surface area contributed by atoms with E-state index in [9.17, 15) is 9.59 Å². The minimum Gasteiger partial charge on any atom is -0.497 e. The summed E-state index contributed by atoms with van der Waals surface area (Å²) in [4.78, 5) is 25.6. The van der Waals surface area contributed by atoms with Gasteiger partial charge in [-0.3, -0.25) is 9.59 Å². The highest BCUT2D eigenvalue weighted by molar-refractivity contribution is 6.04. The van der Waals surface area contributed by atoms with Crippen LogP contribution in [0.25, 0.3) is 0 Å². The molecule has 7 heteroatoms. The Morgan fingerprint density at radius 3 is 2.41 bits per heavy atom. The van der Waals surface area contributed by atoms with Gasteiger partial charge in [-0.25, -0.2) is 0 Å². The summed E-state index contributed by atoms with van der Waals surface area (Å²) in [5, 5.41) is 2.73. The molecule has 0 spiro atoms. The number of ether oxygens (including phenoxy) is 3. The quantitative estimate of drug-likeness (QED) is 0.666. The molecular weight excluding hydrogens is 372 g/mol. The summed E-state index contributed by atoms with van der Waals surface area (Å²) in [5.74, 6) is 1.22. The van der Waals surface area contributed by atoms with E-state index in [0.29, 0.717) is 29.5 Å². The van der Waals surface area contributed by atoms with Crippen LogP contribution in [0, 0.1) is 0 Å². The molecule has 1 aromatic heterocycles. The molecule has 1 amide bonds. The average Bonchev–Trinajstić information content (AvgIpc) is 2.75. The van der Waals surface area contributed by atoms with Gasteiger partial charge in [0.25, 0.3) is 11.5 Å². The fraction of sp³-hybridized carbons (Fsp3) is 0.182. The predicted molar refractivity (Wildman–Crippen MR) is 110 cm³/mol. The summed E-state index contributed by atoms with van der Waals surface area (Å²) < 4.78 is 17.1. The Morgan fingerprint density at radius 2 is 1.69 bits per heavy atom. The van der Waals surface area contributed by atoms with Crippen molar-refractivity contribution in [1.82, 2.24) is 4.57 Å². The number of benzene rings is 2. The van der Waals surface area contributed by atoms with E-state index in [0.717, 1.165) is 5.56 Å². The molecule has 0 radical (unpaired) electrons. The molecule has 0 aliphatic rings. The van der Waals surface area contributed by atoms with E-state index in [1.807, 2.05) is 24.3 Å². The van der Waals surface area contributed by atoms with E-state index in [2.05, 4.69) is 5.32 Å². The molecule has 0 saturated carbocycles. The molecule has 0 aliphatic carbocycles. The van der Waals surface area contributed by atoms with Gasteiger partial charge >= 0.3 is 0 Å². The zero-order valence-electron chi connectivity index (χ0n) is 16.5. The van der Waals surface area contributed by atoms with Crippen LogP contribution in [-0.2, 0) is 6.54 Å². The van der Waals surface area contributed by atoms with Crippen LogP contribution in [0.15, 0.2) is 65.6 Å². The van der Waals surface area contributed by atoms with Crippen LogP contribution in [0.1, 0.15) is 15.9 Å². The first-order valence-electron chi connectivity index (χ1n) is 8.91. The molecule has 7 nitrogen and oxygen atoms in total. The van der Waals surface area contributed by atoms with Crippen LogP contribution in [0.2, 0.25) is 0 Å². The predicted octanol–water partition coefficient (Wildman–Crippen LogP) is 3.17. The number of carbonyl (C=O) groups is 1. The molecule has 0 atom stereocenters. The van der Waals surface area contributed by atoms with Crippen molar-refractivity contribution in [1.29, 1.82) is 0 Å². The second-order valence-corrected chi connectivity index (χ2v) is 6.23. The van der Waals surface area contributed by atoms with E-state index in [1.165, 1.54) is 17.7 Å². The lowest BCUT2D eigenvalue weighted by Gasteiger charge is -2.12. The molecule has 1 N–H and O–H groups in total. The highest BCUT2D eigenvalue weighted by atomic mass is 16.5. The van der Waals surface area contributed by atoms with Gasteiger partial charge in [0, 0.05) is 12.3 Å². The fourth-order valence-corrected chi connectivity index (χ4v) is 2.89.